The van der Waals surface area contributed by atoms with Crippen LogP contribution in [0.1, 0.15) is 26.7 Å². The van der Waals surface area contributed by atoms with Crippen molar-refractivity contribution in [1.29, 1.82) is 0 Å². The van der Waals surface area contributed by atoms with Gasteiger partial charge >= 0.3 is 18.9 Å². The second-order valence-electron chi connectivity index (χ2n) is 3.43. The van der Waals surface area contributed by atoms with Crippen LogP contribution in [0.2, 0.25) is 0 Å². The van der Waals surface area contributed by atoms with Gasteiger partial charge < -0.3 is 13.9 Å². The second kappa shape index (κ2) is 12.3. The van der Waals surface area contributed by atoms with Gasteiger partial charge in [-0.1, -0.05) is 37.4 Å². The summed E-state index contributed by atoms with van der Waals surface area (Å²) in [7, 11) is -3.30. The zero-order valence-corrected chi connectivity index (χ0v) is 14.6. The molecular weight excluding hydrogens is 318 g/mol. The van der Waals surface area contributed by atoms with Gasteiger partial charge in [-0.2, -0.15) is 0 Å². The van der Waals surface area contributed by atoms with Crippen molar-refractivity contribution in [1.82, 2.24) is 0 Å². The molecule has 0 rings (SSSR count). The topological polar surface area (TPSA) is 92.7 Å². The summed E-state index contributed by atoms with van der Waals surface area (Å²) < 4.78 is 19.9. The molecule has 0 aliphatic heterocycles. The van der Waals surface area contributed by atoms with Crippen LogP contribution in [-0.2, 0) is 23.2 Å². The van der Waals surface area contributed by atoms with Gasteiger partial charge in [-0.25, -0.2) is 0 Å². The van der Waals surface area contributed by atoms with Crippen LogP contribution in [0.15, 0.2) is 0 Å². The Labute approximate surface area is 139 Å². The Morgan fingerprint density at radius 3 is 2.25 bits per heavy atom. The smallest absolute Gasteiger partial charge is 0.756 e. The van der Waals surface area contributed by atoms with Gasteiger partial charge in [-0.15, -0.1) is 0 Å². The van der Waals surface area contributed by atoms with E-state index in [9.17, 15) is 19.0 Å². The summed E-state index contributed by atoms with van der Waals surface area (Å²) in [6.07, 6.45) is 0.732. The Kier molecular flexibility index (Phi) is 14.2. The molecule has 6 nitrogen and oxygen atoms in total. The molecule has 0 aromatic heterocycles. The van der Waals surface area contributed by atoms with Crippen molar-refractivity contribution in [2.24, 2.45) is 0 Å². The number of carbonyl (C=O) groups excluding carboxylic acids is 2. The first kappa shape index (κ1) is 23.0. The standard InChI is InChI=1S/C10H19O6PS2.Li/c1-4-9(11)18-7-8(19-10(12)5-2)6-16-17(13,14)15-3;/h8H,4-7H2,1-3H3,(H,13,14);/q;+1/p-1/t8-;/m0./s1. The van der Waals surface area contributed by atoms with Gasteiger partial charge in [-0.3, -0.25) is 14.2 Å². The second-order valence-corrected chi connectivity index (χ2v) is 7.38. The van der Waals surface area contributed by atoms with E-state index in [1.54, 1.807) is 13.8 Å². The summed E-state index contributed by atoms with van der Waals surface area (Å²) in [5.74, 6) is 0.326. The molecular formula is C10H18LiO6PS2. The first-order chi connectivity index (χ1) is 8.84. The van der Waals surface area contributed by atoms with Crippen LogP contribution < -0.4 is 23.8 Å². The maximum absolute atomic E-state index is 11.4. The maximum atomic E-state index is 11.4. The van der Waals surface area contributed by atoms with Crippen molar-refractivity contribution in [3.05, 3.63) is 0 Å². The molecule has 0 saturated heterocycles. The number of thioether (sulfide) groups is 2. The minimum absolute atomic E-state index is 0. The Morgan fingerprint density at radius 1 is 1.25 bits per heavy atom. The number of hydrogen-bond acceptors (Lipinski definition) is 8. The van der Waals surface area contributed by atoms with Gasteiger partial charge in [0.25, 0.3) is 7.82 Å². The SMILES string of the molecule is CCC(=O)SC[C@H](COP(=O)([O-])OC)SC(=O)CC.[Li+]. The molecule has 112 valence electrons. The minimum Gasteiger partial charge on any atom is -0.756 e. The van der Waals surface area contributed by atoms with Gasteiger partial charge in [0.05, 0.1) is 6.61 Å². The van der Waals surface area contributed by atoms with E-state index in [2.05, 4.69) is 9.05 Å². The summed E-state index contributed by atoms with van der Waals surface area (Å²) in [5.41, 5.74) is 0. The van der Waals surface area contributed by atoms with E-state index in [4.69, 9.17) is 0 Å². The molecule has 0 radical (unpaired) electrons. The van der Waals surface area contributed by atoms with E-state index in [0.29, 0.717) is 18.6 Å². The molecule has 0 aromatic rings. The molecule has 1 unspecified atom stereocenters. The molecule has 0 aliphatic carbocycles. The van der Waals surface area contributed by atoms with Crippen LogP contribution in [-0.4, -0.2) is 35.0 Å². The van der Waals surface area contributed by atoms with E-state index in [1.165, 1.54) is 0 Å². The summed E-state index contributed by atoms with van der Waals surface area (Å²) in [5, 5.41) is -0.478. The van der Waals surface area contributed by atoms with Crippen molar-refractivity contribution in [2.45, 2.75) is 31.9 Å². The first-order valence-corrected chi connectivity index (χ1v) is 9.03. The molecule has 0 aromatic carbocycles. The van der Waals surface area contributed by atoms with Gasteiger partial charge in [0.2, 0.25) is 0 Å². The predicted octanol–water partition coefficient (Wildman–Crippen LogP) is -1.17. The number of phosphoric acid groups is 1. The maximum Gasteiger partial charge on any atom is 1.00 e. The van der Waals surface area contributed by atoms with E-state index < -0.39 is 13.1 Å². The number of phosphoric ester groups is 1. The quantitative estimate of drug-likeness (QED) is 0.384. The van der Waals surface area contributed by atoms with Crippen molar-refractivity contribution in [3.63, 3.8) is 0 Å². The Bertz CT molecular complexity index is 355. The van der Waals surface area contributed by atoms with Crippen LogP contribution >= 0.6 is 31.3 Å². The fourth-order valence-corrected chi connectivity index (χ4v) is 3.29. The zero-order valence-electron chi connectivity index (χ0n) is 12.1. The van der Waals surface area contributed by atoms with E-state index in [-0.39, 0.29) is 35.7 Å². The molecule has 2 atom stereocenters. The Hall–Kier alpha value is 0.747. The molecule has 0 aliphatic rings. The van der Waals surface area contributed by atoms with Gasteiger partial charge in [0, 0.05) is 31.0 Å². The van der Waals surface area contributed by atoms with Crippen molar-refractivity contribution < 1.29 is 47.0 Å². The number of hydrogen-bond donors (Lipinski definition) is 0. The van der Waals surface area contributed by atoms with Gasteiger partial charge in [0.1, 0.15) is 0 Å². The summed E-state index contributed by atoms with van der Waals surface area (Å²) >= 11 is 2.07. The predicted molar refractivity (Wildman–Crippen MR) is 75.0 cm³/mol. The molecule has 0 heterocycles. The largest absolute Gasteiger partial charge is 1.00 e. The van der Waals surface area contributed by atoms with E-state index >= 15 is 0 Å². The Balaban J connectivity index is 0. The molecule has 0 bridgehead atoms. The summed E-state index contributed by atoms with van der Waals surface area (Å²) in [6.45, 7) is 3.27. The third-order valence-corrected chi connectivity index (χ3v) is 5.44. The summed E-state index contributed by atoms with van der Waals surface area (Å²) in [4.78, 5) is 33.6. The van der Waals surface area contributed by atoms with Crippen LogP contribution in [0.3, 0.4) is 0 Å². The molecule has 20 heavy (non-hydrogen) atoms. The molecule has 0 N–H and O–H groups in total. The normalized spacial score (nSPS) is 15.0. The third kappa shape index (κ3) is 11.4. The van der Waals surface area contributed by atoms with Crippen LogP contribution in [0, 0.1) is 0 Å². The van der Waals surface area contributed by atoms with Crippen molar-refractivity contribution >= 4 is 41.6 Å². The molecule has 0 fully saturated rings. The molecule has 0 amide bonds. The minimum atomic E-state index is -4.30. The van der Waals surface area contributed by atoms with Gasteiger partial charge in [-0.05, 0) is 0 Å². The third-order valence-electron chi connectivity index (χ3n) is 1.95. The molecule has 10 heteroatoms. The molecule has 0 saturated carbocycles. The number of carbonyl (C=O) groups is 2. The molecule has 0 spiro atoms. The van der Waals surface area contributed by atoms with Crippen LogP contribution in [0.4, 0.5) is 0 Å². The average molecular weight is 336 g/mol. The Morgan fingerprint density at radius 2 is 1.80 bits per heavy atom. The van der Waals surface area contributed by atoms with E-state index in [0.717, 1.165) is 30.6 Å². The monoisotopic (exact) mass is 336 g/mol. The average Bonchev–Trinajstić information content (AvgIpc) is 2.41. The summed E-state index contributed by atoms with van der Waals surface area (Å²) in [6, 6.07) is 0. The van der Waals surface area contributed by atoms with Gasteiger partial charge in [0.15, 0.2) is 10.2 Å². The fourth-order valence-electron chi connectivity index (χ4n) is 0.900. The number of rotatable bonds is 9. The van der Waals surface area contributed by atoms with Crippen LogP contribution in [0.5, 0.6) is 0 Å². The zero-order chi connectivity index (χ0) is 14.9. The van der Waals surface area contributed by atoms with Crippen LogP contribution in [0.25, 0.3) is 0 Å². The van der Waals surface area contributed by atoms with Crippen molar-refractivity contribution in [2.75, 3.05) is 19.5 Å². The first-order valence-electron chi connectivity index (χ1n) is 5.71. The fraction of sp³-hybridized carbons (Fsp3) is 0.800. The van der Waals surface area contributed by atoms with Crippen molar-refractivity contribution in [3.8, 4) is 0 Å². The van der Waals surface area contributed by atoms with E-state index in [1.807, 2.05) is 0 Å².